The number of esters is 2. The lowest BCUT2D eigenvalue weighted by Gasteiger charge is -2.47. The zero-order valence-corrected chi connectivity index (χ0v) is 24.4. The van der Waals surface area contributed by atoms with Crippen molar-refractivity contribution < 1.29 is 27.9 Å². The van der Waals surface area contributed by atoms with Crippen LogP contribution < -0.4 is 0 Å². The smallest absolute Gasteiger partial charge is 0.315 e. The molecule has 0 aromatic rings. The molecule has 34 heavy (non-hydrogen) atoms. The summed E-state index contributed by atoms with van der Waals surface area (Å²) in [5.74, 6) is 0.482. The number of carbonyl (C=O) groups excluding carboxylic acids is 2. The molecule has 8 heteroatoms. The Balaban J connectivity index is 1.57. The minimum atomic E-state index is -1.90. The summed E-state index contributed by atoms with van der Waals surface area (Å²) in [4.78, 5) is 27.3. The summed E-state index contributed by atoms with van der Waals surface area (Å²) >= 11 is 0. The Morgan fingerprint density at radius 3 is 2.38 bits per heavy atom. The van der Waals surface area contributed by atoms with Gasteiger partial charge in [-0.2, -0.15) is 0 Å². The van der Waals surface area contributed by atoms with E-state index in [-0.39, 0.29) is 41.2 Å². The molecule has 4 bridgehead atoms. The van der Waals surface area contributed by atoms with Gasteiger partial charge in [-0.3, -0.25) is 9.59 Å². The molecule has 1 aliphatic heterocycles. The van der Waals surface area contributed by atoms with Gasteiger partial charge in [0.15, 0.2) is 16.6 Å². The van der Waals surface area contributed by atoms with E-state index in [2.05, 4.69) is 39.3 Å². The average molecular weight is 509 g/mol. The maximum atomic E-state index is 13.6. The molecule has 0 aromatic heterocycles. The van der Waals surface area contributed by atoms with Crippen LogP contribution in [0.4, 0.5) is 0 Å². The SMILES string of the molecule is COC(=O)[C@H]1C2C3(C)C(=O)O[C@]2(CC[C@@H]3O[Si](C)(C)C)C2CC[C@@H]3C[C@@]21C[C@H]3CO[Si](C)(C)C. The van der Waals surface area contributed by atoms with Crippen molar-refractivity contribution in [3.63, 3.8) is 0 Å². The summed E-state index contributed by atoms with van der Waals surface area (Å²) in [7, 11) is -2.01. The highest BCUT2D eigenvalue weighted by Crippen LogP contribution is 2.78. The van der Waals surface area contributed by atoms with E-state index in [9.17, 15) is 9.59 Å². The van der Waals surface area contributed by atoms with Gasteiger partial charge in [0.05, 0.1) is 24.5 Å². The lowest BCUT2D eigenvalue weighted by Crippen LogP contribution is -2.56. The summed E-state index contributed by atoms with van der Waals surface area (Å²) < 4.78 is 25.0. The van der Waals surface area contributed by atoms with Crippen molar-refractivity contribution in [3.8, 4) is 0 Å². The molecule has 5 fully saturated rings. The minimum Gasteiger partial charge on any atom is -0.469 e. The summed E-state index contributed by atoms with van der Waals surface area (Å²) in [5.41, 5.74) is -1.51. The first-order valence-corrected chi connectivity index (χ1v) is 20.1. The molecular formula is C26H44O6Si2. The van der Waals surface area contributed by atoms with E-state index in [1.54, 1.807) is 0 Å². The molecule has 192 valence electrons. The number of ether oxygens (including phenoxy) is 2. The predicted molar refractivity (Wildman–Crippen MR) is 134 cm³/mol. The van der Waals surface area contributed by atoms with E-state index >= 15 is 0 Å². The van der Waals surface area contributed by atoms with E-state index < -0.39 is 27.7 Å². The van der Waals surface area contributed by atoms with Crippen LogP contribution in [0.2, 0.25) is 39.3 Å². The van der Waals surface area contributed by atoms with Crippen LogP contribution in [-0.4, -0.2) is 54.0 Å². The monoisotopic (exact) mass is 508 g/mol. The molecule has 0 amide bonds. The molecular weight excluding hydrogens is 464 g/mol. The third kappa shape index (κ3) is 3.37. The first kappa shape index (κ1) is 25.0. The molecule has 4 aliphatic carbocycles. The molecule has 3 unspecified atom stereocenters. The highest BCUT2D eigenvalue weighted by atomic mass is 28.4. The molecule has 0 radical (unpaired) electrons. The first-order chi connectivity index (χ1) is 15.7. The Kier molecular flexibility index (Phi) is 5.62. The van der Waals surface area contributed by atoms with Crippen molar-refractivity contribution in [3.05, 3.63) is 0 Å². The van der Waals surface area contributed by atoms with Gasteiger partial charge >= 0.3 is 11.9 Å². The van der Waals surface area contributed by atoms with Gasteiger partial charge in [-0.25, -0.2) is 0 Å². The van der Waals surface area contributed by atoms with Gasteiger partial charge in [0.1, 0.15) is 5.60 Å². The maximum Gasteiger partial charge on any atom is 0.315 e. The number of hydrogen-bond acceptors (Lipinski definition) is 6. The van der Waals surface area contributed by atoms with Gasteiger partial charge in [-0.05, 0) is 102 Å². The predicted octanol–water partition coefficient (Wildman–Crippen LogP) is 5.00. The van der Waals surface area contributed by atoms with Crippen LogP contribution in [0, 0.1) is 40.4 Å². The lowest BCUT2D eigenvalue weighted by molar-refractivity contribution is -0.163. The Hall–Kier alpha value is -0.706. The second kappa shape index (κ2) is 7.65. The number of carbonyl (C=O) groups is 2. The molecule has 6 nitrogen and oxygen atoms in total. The minimum absolute atomic E-state index is 0.150. The fourth-order valence-corrected chi connectivity index (χ4v) is 11.1. The zero-order valence-electron chi connectivity index (χ0n) is 22.4. The third-order valence-corrected chi connectivity index (χ3v) is 12.1. The molecule has 5 aliphatic rings. The molecule has 9 atom stereocenters. The van der Waals surface area contributed by atoms with Crippen LogP contribution in [0.15, 0.2) is 0 Å². The van der Waals surface area contributed by atoms with Gasteiger partial charge in [0, 0.05) is 18.4 Å². The molecule has 5 rings (SSSR count). The fraction of sp³-hybridized carbons (Fsp3) is 0.923. The summed E-state index contributed by atoms with van der Waals surface area (Å²) in [6.45, 7) is 16.1. The Bertz CT molecular complexity index is 879. The molecule has 0 aromatic carbocycles. The number of rotatable bonds is 6. The first-order valence-electron chi connectivity index (χ1n) is 13.3. The lowest BCUT2D eigenvalue weighted by atomic mass is 9.59. The van der Waals surface area contributed by atoms with E-state index in [1.165, 1.54) is 7.11 Å². The van der Waals surface area contributed by atoms with Gasteiger partial charge in [-0.1, -0.05) is 0 Å². The van der Waals surface area contributed by atoms with E-state index in [4.69, 9.17) is 18.3 Å². The molecule has 0 N–H and O–H groups in total. The van der Waals surface area contributed by atoms with E-state index in [0.717, 1.165) is 45.1 Å². The van der Waals surface area contributed by atoms with Crippen LogP contribution >= 0.6 is 0 Å². The molecule has 1 saturated heterocycles. The Morgan fingerprint density at radius 2 is 1.76 bits per heavy atom. The highest BCUT2D eigenvalue weighted by molar-refractivity contribution is 6.70. The zero-order chi connectivity index (χ0) is 24.9. The van der Waals surface area contributed by atoms with Crippen LogP contribution in [0.1, 0.15) is 45.4 Å². The standard InChI is InChI=1S/C26H44O6Si2/c1-24-19(32-34(6,7)8)11-12-26(31-23(24)28)18-10-9-16-13-25(18,20(21(24)26)22(27)29-2)14-17(16)15-30-33(3,4)5/h16-21H,9-15H2,1-8H3/t16-,17+,18?,19+,20-,21?,24?,25-,26-/m1/s1. The normalized spacial score (nSPS) is 47.2. The van der Waals surface area contributed by atoms with Crippen molar-refractivity contribution in [1.29, 1.82) is 0 Å². The summed E-state index contributed by atoms with van der Waals surface area (Å²) in [6.07, 6.45) is 5.61. The van der Waals surface area contributed by atoms with Gasteiger partial charge in [-0.15, -0.1) is 0 Å². The van der Waals surface area contributed by atoms with E-state index in [0.29, 0.717) is 11.8 Å². The van der Waals surface area contributed by atoms with Crippen molar-refractivity contribution in [2.24, 2.45) is 40.4 Å². The topological polar surface area (TPSA) is 71.1 Å². The number of hydrogen-bond donors (Lipinski definition) is 0. The second-order valence-corrected chi connectivity index (χ2v) is 23.1. The van der Waals surface area contributed by atoms with E-state index in [1.807, 2.05) is 6.92 Å². The van der Waals surface area contributed by atoms with Crippen molar-refractivity contribution in [2.75, 3.05) is 13.7 Å². The quantitative estimate of drug-likeness (QED) is 0.372. The fourth-order valence-electron chi connectivity index (χ4n) is 9.14. The van der Waals surface area contributed by atoms with Crippen LogP contribution in [0.5, 0.6) is 0 Å². The highest BCUT2D eigenvalue weighted by Gasteiger charge is 2.83. The summed E-state index contributed by atoms with van der Waals surface area (Å²) in [5, 5.41) is 0. The summed E-state index contributed by atoms with van der Waals surface area (Å²) in [6, 6.07) is 0. The Morgan fingerprint density at radius 1 is 1.06 bits per heavy atom. The number of fused-ring (bicyclic) bond motifs is 1. The second-order valence-electron chi connectivity index (χ2n) is 14.1. The van der Waals surface area contributed by atoms with Gasteiger partial charge in [0.25, 0.3) is 0 Å². The number of methoxy groups -OCH3 is 1. The molecule has 4 saturated carbocycles. The van der Waals surface area contributed by atoms with Crippen molar-refractivity contribution >= 4 is 28.6 Å². The van der Waals surface area contributed by atoms with Gasteiger partial charge < -0.3 is 18.3 Å². The average Bonchev–Trinajstić information content (AvgIpc) is 3.20. The molecule has 1 spiro atoms. The Labute approximate surface area is 207 Å². The van der Waals surface area contributed by atoms with Crippen LogP contribution in [0.3, 0.4) is 0 Å². The maximum absolute atomic E-state index is 13.6. The third-order valence-electron chi connectivity index (χ3n) is 10.1. The van der Waals surface area contributed by atoms with Crippen molar-refractivity contribution in [2.45, 2.75) is 96.4 Å². The van der Waals surface area contributed by atoms with Crippen LogP contribution in [0.25, 0.3) is 0 Å². The van der Waals surface area contributed by atoms with Gasteiger partial charge in [0.2, 0.25) is 0 Å². The van der Waals surface area contributed by atoms with Crippen molar-refractivity contribution in [1.82, 2.24) is 0 Å². The molecule has 1 heterocycles. The largest absolute Gasteiger partial charge is 0.469 e. The van der Waals surface area contributed by atoms with Crippen LogP contribution in [-0.2, 0) is 27.9 Å².